The van der Waals surface area contributed by atoms with Crippen molar-refractivity contribution < 1.29 is 4.52 Å². The molecule has 1 rings (SSSR count). The number of nitriles is 1. The third-order valence-corrected chi connectivity index (χ3v) is 0.900. The fourth-order valence-electron chi connectivity index (χ4n) is 0.299. The maximum Gasteiger partial charge on any atom is 0.202 e. The Labute approximate surface area is 50.5 Å². The maximum atomic E-state index is 8.15. The summed E-state index contributed by atoms with van der Waals surface area (Å²) in [6.45, 7) is 0. The van der Waals surface area contributed by atoms with Crippen LogP contribution >= 0.6 is 11.6 Å². The van der Waals surface area contributed by atoms with Gasteiger partial charge in [0.15, 0.2) is 0 Å². The van der Waals surface area contributed by atoms with Gasteiger partial charge < -0.3 is 4.52 Å². The smallest absolute Gasteiger partial charge is 0.202 e. The average Bonchev–Trinajstić information content (AvgIpc) is 2.14. The summed E-state index contributed by atoms with van der Waals surface area (Å²) in [4.78, 5) is 0. The number of halogens is 1. The Kier molecular flexibility index (Phi) is 1.18. The van der Waals surface area contributed by atoms with Gasteiger partial charge in [0, 0.05) is 0 Å². The van der Waals surface area contributed by atoms with Crippen LogP contribution in [-0.2, 0) is 0 Å². The SMILES string of the molecule is N#Cc1nocc1Cl. The predicted molar refractivity (Wildman–Crippen MR) is 26.2 cm³/mol. The van der Waals surface area contributed by atoms with Crippen molar-refractivity contribution in [2.45, 2.75) is 0 Å². The molecule has 0 fully saturated rings. The molecule has 40 valence electrons. The van der Waals surface area contributed by atoms with E-state index in [1.165, 1.54) is 6.26 Å². The van der Waals surface area contributed by atoms with E-state index < -0.39 is 0 Å². The molecule has 0 N–H and O–H groups in total. The van der Waals surface area contributed by atoms with E-state index in [0.29, 0.717) is 0 Å². The summed E-state index contributed by atoms with van der Waals surface area (Å²) < 4.78 is 4.33. The van der Waals surface area contributed by atoms with Crippen LogP contribution in [0.25, 0.3) is 0 Å². The van der Waals surface area contributed by atoms with Crippen LogP contribution in [0, 0.1) is 11.3 Å². The van der Waals surface area contributed by atoms with E-state index in [2.05, 4.69) is 9.68 Å². The van der Waals surface area contributed by atoms with Gasteiger partial charge in [-0.25, -0.2) is 0 Å². The second kappa shape index (κ2) is 1.85. The van der Waals surface area contributed by atoms with Gasteiger partial charge >= 0.3 is 0 Å². The largest absolute Gasteiger partial charge is 0.362 e. The molecule has 0 atom stereocenters. The summed E-state index contributed by atoms with van der Waals surface area (Å²) in [6, 6.07) is 1.74. The minimum atomic E-state index is 0.131. The second-order valence-corrected chi connectivity index (χ2v) is 1.53. The van der Waals surface area contributed by atoms with Crippen molar-refractivity contribution in [2.24, 2.45) is 0 Å². The number of nitrogens with zero attached hydrogens (tertiary/aromatic N) is 2. The minimum absolute atomic E-state index is 0.131. The van der Waals surface area contributed by atoms with Gasteiger partial charge in [0.2, 0.25) is 5.69 Å². The molecule has 0 unspecified atom stereocenters. The van der Waals surface area contributed by atoms with Gasteiger partial charge in [-0.3, -0.25) is 0 Å². The average molecular weight is 129 g/mol. The third-order valence-electron chi connectivity index (χ3n) is 0.632. The van der Waals surface area contributed by atoms with Gasteiger partial charge in [-0.05, 0) is 0 Å². The number of rotatable bonds is 0. The zero-order chi connectivity index (χ0) is 5.98. The quantitative estimate of drug-likeness (QED) is 0.528. The van der Waals surface area contributed by atoms with Crippen LogP contribution in [0.5, 0.6) is 0 Å². The van der Waals surface area contributed by atoms with Gasteiger partial charge in [0.05, 0.1) is 0 Å². The highest BCUT2D eigenvalue weighted by atomic mass is 35.5. The van der Waals surface area contributed by atoms with Crippen molar-refractivity contribution in [3.05, 3.63) is 17.0 Å². The molecule has 0 spiro atoms. The lowest BCUT2D eigenvalue weighted by Gasteiger charge is -1.68. The van der Waals surface area contributed by atoms with Crippen molar-refractivity contribution in [1.82, 2.24) is 5.16 Å². The Hall–Kier alpha value is -1.01. The van der Waals surface area contributed by atoms with E-state index in [0.717, 1.165) is 0 Å². The summed E-state index contributed by atoms with van der Waals surface area (Å²) in [5, 5.41) is 11.7. The first-order valence-corrected chi connectivity index (χ1v) is 2.22. The first kappa shape index (κ1) is 5.13. The lowest BCUT2D eigenvalue weighted by atomic mass is 10.5. The van der Waals surface area contributed by atoms with Gasteiger partial charge in [-0.2, -0.15) is 5.26 Å². The van der Waals surface area contributed by atoms with Crippen LogP contribution in [0.15, 0.2) is 10.8 Å². The van der Waals surface area contributed by atoms with Crippen LogP contribution in [0.3, 0.4) is 0 Å². The van der Waals surface area contributed by atoms with Crippen molar-refractivity contribution in [3.8, 4) is 6.07 Å². The maximum absolute atomic E-state index is 8.15. The molecule has 0 saturated carbocycles. The standard InChI is InChI=1S/C4HClN2O/c5-3-2-8-7-4(3)1-6/h2H. The Bertz CT molecular complexity index is 224. The Balaban J connectivity index is 3.15. The van der Waals surface area contributed by atoms with Crippen LogP contribution in [0.1, 0.15) is 5.69 Å². The predicted octanol–water partition coefficient (Wildman–Crippen LogP) is 1.20. The van der Waals surface area contributed by atoms with Crippen molar-refractivity contribution >= 4 is 11.6 Å². The Morgan fingerprint density at radius 1 is 1.88 bits per heavy atom. The molecule has 0 saturated heterocycles. The highest BCUT2D eigenvalue weighted by Gasteiger charge is 2.00. The molecule has 4 heteroatoms. The molecular formula is C4HClN2O. The lowest BCUT2D eigenvalue weighted by Crippen LogP contribution is -1.68. The van der Waals surface area contributed by atoms with E-state index in [4.69, 9.17) is 16.9 Å². The number of hydrogen-bond donors (Lipinski definition) is 0. The fourth-order valence-corrected chi connectivity index (χ4v) is 0.415. The summed E-state index contributed by atoms with van der Waals surface area (Å²) >= 11 is 5.36. The Morgan fingerprint density at radius 3 is 2.88 bits per heavy atom. The number of aromatic nitrogens is 1. The highest BCUT2D eigenvalue weighted by Crippen LogP contribution is 2.10. The van der Waals surface area contributed by atoms with Crippen molar-refractivity contribution in [3.63, 3.8) is 0 Å². The fraction of sp³-hybridized carbons (Fsp3) is 0. The highest BCUT2D eigenvalue weighted by molar-refractivity contribution is 6.31. The van der Waals surface area contributed by atoms with Crippen LogP contribution < -0.4 is 0 Å². The van der Waals surface area contributed by atoms with E-state index in [1.54, 1.807) is 6.07 Å². The van der Waals surface area contributed by atoms with Crippen molar-refractivity contribution in [1.29, 1.82) is 5.26 Å². The molecule has 1 aromatic heterocycles. The molecule has 1 aromatic rings. The van der Waals surface area contributed by atoms with E-state index in [9.17, 15) is 0 Å². The first-order chi connectivity index (χ1) is 3.84. The molecule has 8 heavy (non-hydrogen) atoms. The molecule has 0 aliphatic heterocycles. The zero-order valence-electron chi connectivity index (χ0n) is 3.76. The molecule has 0 aliphatic rings. The van der Waals surface area contributed by atoms with Gasteiger partial charge in [-0.1, -0.05) is 16.8 Å². The lowest BCUT2D eigenvalue weighted by molar-refractivity contribution is 0.418. The Morgan fingerprint density at radius 2 is 2.62 bits per heavy atom. The molecular weight excluding hydrogens is 128 g/mol. The molecule has 3 nitrogen and oxygen atoms in total. The normalized spacial score (nSPS) is 8.50. The monoisotopic (exact) mass is 128 g/mol. The van der Waals surface area contributed by atoms with Gasteiger partial charge in [0.25, 0.3) is 0 Å². The van der Waals surface area contributed by atoms with E-state index in [-0.39, 0.29) is 10.7 Å². The molecule has 0 aliphatic carbocycles. The van der Waals surface area contributed by atoms with Crippen LogP contribution in [0.4, 0.5) is 0 Å². The summed E-state index contributed by atoms with van der Waals surface area (Å²) in [5.41, 5.74) is 0.131. The summed E-state index contributed by atoms with van der Waals surface area (Å²) in [6.07, 6.45) is 1.21. The zero-order valence-corrected chi connectivity index (χ0v) is 4.51. The van der Waals surface area contributed by atoms with E-state index >= 15 is 0 Å². The van der Waals surface area contributed by atoms with Gasteiger partial charge in [0.1, 0.15) is 17.4 Å². The first-order valence-electron chi connectivity index (χ1n) is 1.84. The topological polar surface area (TPSA) is 49.8 Å². The van der Waals surface area contributed by atoms with E-state index in [1.807, 2.05) is 0 Å². The molecule has 0 amide bonds. The van der Waals surface area contributed by atoms with Crippen LogP contribution in [0.2, 0.25) is 5.02 Å². The molecule has 0 bridgehead atoms. The molecule has 1 heterocycles. The van der Waals surface area contributed by atoms with Crippen LogP contribution in [-0.4, -0.2) is 5.16 Å². The summed E-state index contributed by atoms with van der Waals surface area (Å²) in [5.74, 6) is 0. The number of hydrogen-bond acceptors (Lipinski definition) is 3. The van der Waals surface area contributed by atoms with Gasteiger partial charge in [-0.15, -0.1) is 0 Å². The molecule has 0 aromatic carbocycles. The third kappa shape index (κ3) is 0.658. The second-order valence-electron chi connectivity index (χ2n) is 1.12. The van der Waals surface area contributed by atoms with Crippen molar-refractivity contribution in [2.75, 3.05) is 0 Å². The minimum Gasteiger partial charge on any atom is -0.362 e. The molecule has 0 radical (unpaired) electrons. The summed E-state index contributed by atoms with van der Waals surface area (Å²) in [7, 11) is 0.